The Morgan fingerprint density at radius 3 is 2.28 bits per heavy atom. The molecule has 1 aromatic carbocycles. The van der Waals surface area contributed by atoms with Gasteiger partial charge < -0.3 is 9.30 Å². The van der Waals surface area contributed by atoms with Crippen molar-refractivity contribution in [3.63, 3.8) is 0 Å². The predicted octanol–water partition coefficient (Wildman–Crippen LogP) is 1.94. The van der Waals surface area contributed by atoms with Crippen molar-refractivity contribution in [2.24, 2.45) is 7.05 Å². The van der Waals surface area contributed by atoms with Crippen molar-refractivity contribution >= 4 is 16.7 Å². The van der Waals surface area contributed by atoms with Crippen molar-refractivity contribution in [2.45, 2.75) is 13.8 Å². The van der Waals surface area contributed by atoms with E-state index in [-0.39, 0.29) is 5.56 Å². The predicted molar refractivity (Wildman–Crippen MR) is 70.0 cm³/mol. The van der Waals surface area contributed by atoms with Crippen LogP contribution >= 0.6 is 0 Å². The first-order chi connectivity index (χ1) is 8.45. The molecule has 18 heavy (non-hydrogen) atoms. The van der Waals surface area contributed by atoms with Gasteiger partial charge in [-0.3, -0.25) is 4.79 Å². The molecule has 4 nitrogen and oxygen atoms in total. The van der Waals surface area contributed by atoms with Crippen LogP contribution in [0.25, 0.3) is 10.8 Å². The van der Waals surface area contributed by atoms with Crippen LogP contribution in [-0.2, 0) is 11.8 Å². The second-order valence-electron chi connectivity index (χ2n) is 4.43. The lowest BCUT2D eigenvalue weighted by atomic mass is 10.0. The first-order valence-corrected chi connectivity index (χ1v) is 5.64. The molecule has 0 saturated heterocycles. The van der Waals surface area contributed by atoms with Gasteiger partial charge in [0.1, 0.15) is 0 Å². The van der Waals surface area contributed by atoms with Crippen molar-refractivity contribution in [3.8, 4) is 0 Å². The summed E-state index contributed by atoms with van der Waals surface area (Å²) >= 11 is 0. The molecule has 0 unspecified atom stereocenters. The molecule has 0 aliphatic heterocycles. The zero-order valence-corrected chi connectivity index (χ0v) is 10.9. The Labute approximate surface area is 105 Å². The Morgan fingerprint density at radius 1 is 1.17 bits per heavy atom. The summed E-state index contributed by atoms with van der Waals surface area (Å²) in [4.78, 5) is 23.8. The van der Waals surface area contributed by atoms with Gasteiger partial charge in [-0.05, 0) is 31.0 Å². The smallest absolute Gasteiger partial charge is 0.339 e. The molecular formula is C14H15NO3. The molecule has 0 amide bonds. The maximum Gasteiger partial charge on any atom is 0.339 e. The minimum atomic E-state index is -0.432. The van der Waals surface area contributed by atoms with Crippen LogP contribution in [0.1, 0.15) is 21.5 Å². The molecule has 4 heteroatoms. The maximum atomic E-state index is 12.1. The molecular weight excluding hydrogens is 230 g/mol. The van der Waals surface area contributed by atoms with E-state index < -0.39 is 5.97 Å². The molecule has 0 saturated carbocycles. The normalized spacial score (nSPS) is 10.7. The van der Waals surface area contributed by atoms with E-state index in [4.69, 9.17) is 4.74 Å². The summed E-state index contributed by atoms with van der Waals surface area (Å²) < 4.78 is 6.16. The third-order valence-corrected chi connectivity index (χ3v) is 3.20. The number of ether oxygens (including phenoxy) is 1. The third kappa shape index (κ3) is 1.79. The highest BCUT2D eigenvalue weighted by atomic mass is 16.5. The Hall–Kier alpha value is -2.10. The topological polar surface area (TPSA) is 48.3 Å². The van der Waals surface area contributed by atoms with Crippen molar-refractivity contribution in [1.82, 2.24) is 4.57 Å². The molecule has 1 heterocycles. The highest BCUT2D eigenvalue weighted by Gasteiger charge is 2.14. The summed E-state index contributed by atoms with van der Waals surface area (Å²) in [5, 5.41) is 1.19. The summed E-state index contributed by atoms with van der Waals surface area (Å²) in [6.07, 6.45) is 1.52. The number of aryl methyl sites for hydroxylation is 3. The quantitative estimate of drug-likeness (QED) is 0.721. The number of aromatic nitrogens is 1. The molecule has 0 radical (unpaired) electrons. The molecule has 2 rings (SSSR count). The summed E-state index contributed by atoms with van der Waals surface area (Å²) in [5.41, 5.74) is 2.38. The second kappa shape index (κ2) is 4.29. The Balaban J connectivity index is 2.96. The van der Waals surface area contributed by atoms with E-state index >= 15 is 0 Å². The van der Waals surface area contributed by atoms with E-state index in [1.165, 1.54) is 17.9 Å². The van der Waals surface area contributed by atoms with Gasteiger partial charge in [0.25, 0.3) is 5.56 Å². The SMILES string of the molecule is COC(=O)c1cn(C)c(=O)c2cc(C)c(C)cc12. The number of esters is 1. The molecule has 0 aliphatic rings. The summed E-state index contributed by atoms with van der Waals surface area (Å²) in [5.74, 6) is -0.432. The number of pyridine rings is 1. The molecule has 0 fully saturated rings. The average molecular weight is 245 g/mol. The fourth-order valence-electron chi connectivity index (χ4n) is 2.00. The van der Waals surface area contributed by atoms with Gasteiger partial charge in [0.15, 0.2) is 0 Å². The van der Waals surface area contributed by atoms with Crippen LogP contribution in [0.2, 0.25) is 0 Å². The van der Waals surface area contributed by atoms with Crippen LogP contribution in [-0.4, -0.2) is 17.6 Å². The number of hydrogen-bond donors (Lipinski definition) is 0. The minimum absolute atomic E-state index is 0.110. The number of carbonyl (C=O) groups is 1. The monoisotopic (exact) mass is 245 g/mol. The lowest BCUT2D eigenvalue weighted by Gasteiger charge is -2.10. The number of methoxy groups -OCH3 is 1. The van der Waals surface area contributed by atoms with Crippen molar-refractivity contribution < 1.29 is 9.53 Å². The largest absolute Gasteiger partial charge is 0.465 e. The molecule has 0 N–H and O–H groups in total. The highest BCUT2D eigenvalue weighted by Crippen LogP contribution is 2.20. The fourth-order valence-corrected chi connectivity index (χ4v) is 2.00. The van der Waals surface area contributed by atoms with Crippen molar-refractivity contribution in [3.05, 3.63) is 45.4 Å². The van der Waals surface area contributed by atoms with Crippen molar-refractivity contribution in [1.29, 1.82) is 0 Å². The Bertz CT molecular complexity index is 698. The zero-order valence-electron chi connectivity index (χ0n) is 10.9. The number of benzene rings is 1. The van der Waals surface area contributed by atoms with Gasteiger partial charge in [-0.2, -0.15) is 0 Å². The zero-order chi connectivity index (χ0) is 13.4. The van der Waals surface area contributed by atoms with Crippen LogP contribution in [0.5, 0.6) is 0 Å². The first-order valence-electron chi connectivity index (χ1n) is 5.64. The molecule has 0 atom stereocenters. The second-order valence-corrected chi connectivity index (χ2v) is 4.43. The van der Waals surface area contributed by atoms with Gasteiger partial charge in [0.2, 0.25) is 0 Å². The minimum Gasteiger partial charge on any atom is -0.465 e. The van der Waals surface area contributed by atoms with Gasteiger partial charge in [0, 0.05) is 24.0 Å². The van der Waals surface area contributed by atoms with Gasteiger partial charge in [-0.25, -0.2) is 4.79 Å². The van der Waals surface area contributed by atoms with Crippen LogP contribution in [0.3, 0.4) is 0 Å². The van der Waals surface area contributed by atoms with Crippen LogP contribution < -0.4 is 5.56 Å². The Morgan fingerprint density at radius 2 is 1.72 bits per heavy atom. The lowest BCUT2D eigenvalue weighted by molar-refractivity contribution is 0.0602. The molecule has 0 spiro atoms. The van der Waals surface area contributed by atoms with E-state index in [2.05, 4.69) is 0 Å². The number of fused-ring (bicyclic) bond motifs is 1. The maximum absolute atomic E-state index is 12.1. The van der Waals surface area contributed by atoms with Gasteiger partial charge in [-0.15, -0.1) is 0 Å². The van der Waals surface area contributed by atoms with Crippen molar-refractivity contribution in [2.75, 3.05) is 7.11 Å². The lowest BCUT2D eigenvalue weighted by Crippen LogP contribution is -2.19. The van der Waals surface area contributed by atoms with E-state index in [0.29, 0.717) is 16.3 Å². The van der Waals surface area contributed by atoms with E-state index in [0.717, 1.165) is 11.1 Å². The molecule has 0 bridgehead atoms. The summed E-state index contributed by atoms with van der Waals surface area (Å²) in [6, 6.07) is 3.68. The van der Waals surface area contributed by atoms with Crippen LogP contribution in [0, 0.1) is 13.8 Å². The molecule has 94 valence electrons. The number of hydrogen-bond acceptors (Lipinski definition) is 3. The Kier molecular flexibility index (Phi) is 2.95. The summed E-state index contributed by atoms with van der Waals surface area (Å²) in [6.45, 7) is 3.90. The molecule has 0 aliphatic carbocycles. The van der Waals surface area contributed by atoms with Crippen LogP contribution in [0.4, 0.5) is 0 Å². The van der Waals surface area contributed by atoms with E-state index in [9.17, 15) is 9.59 Å². The number of rotatable bonds is 1. The van der Waals surface area contributed by atoms with E-state index in [1.54, 1.807) is 7.05 Å². The van der Waals surface area contributed by atoms with Gasteiger partial charge in [0.05, 0.1) is 12.7 Å². The third-order valence-electron chi connectivity index (χ3n) is 3.20. The fraction of sp³-hybridized carbons (Fsp3) is 0.286. The van der Waals surface area contributed by atoms with Gasteiger partial charge in [-0.1, -0.05) is 6.07 Å². The van der Waals surface area contributed by atoms with Gasteiger partial charge >= 0.3 is 5.97 Å². The number of nitrogens with zero attached hydrogens (tertiary/aromatic N) is 1. The average Bonchev–Trinajstić information content (AvgIpc) is 2.35. The number of carbonyl (C=O) groups excluding carboxylic acids is 1. The standard InChI is InChI=1S/C14H15NO3/c1-8-5-10-11(6-9(8)2)13(16)15(3)7-12(10)14(17)18-4/h5-7H,1-4H3. The van der Waals surface area contributed by atoms with Crippen LogP contribution in [0.15, 0.2) is 23.1 Å². The first kappa shape index (κ1) is 12.4. The molecule has 2 aromatic rings. The molecule has 1 aromatic heterocycles. The summed E-state index contributed by atoms with van der Waals surface area (Å²) in [7, 11) is 2.96. The van der Waals surface area contributed by atoms with E-state index in [1.807, 2.05) is 26.0 Å². The highest BCUT2D eigenvalue weighted by molar-refractivity contribution is 6.04.